The highest BCUT2D eigenvalue weighted by Gasteiger charge is 2.21. The molecule has 1 aromatic heterocycles. The van der Waals surface area contributed by atoms with Gasteiger partial charge in [0.25, 0.3) is 0 Å². The smallest absolute Gasteiger partial charge is 0.137 e. The van der Waals surface area contributed by atoms with Crippen LogP contribution in [-0.2, 0) is 6.42 Å². The van der Waals surface area contributed by atoms with Crippen LogP contribution in [0.5, 0.6) is 5.75 Å². The van der Waals surface area contributed by atoms with Gasteiger partial charge in [-0.3, -0.25) is 4.98 Å². The molecule has 1 aromatic rings. The van der Waals surface area contributed by atoms with Gasteiger partial charge in [0.15, 0.2) is 0 Å². The molecule has 0 saturated carbocycles. The zero-order chi connectivity index (χ0) is 14.9. The average molecular weight is 292 g/mol. The fourth-order valence-corrected chi connectivity index (χ4v) is 2.86. The number of unbranched alkanes of at least 4 members (excludes halogenated alkanes) is 3. The minimum atomic E-state index is 0.306. The molecule has 4 heteroatoms. The summed E-state index contributed by atoms with van der Waals surface area (Å²) >= 11 is 0. The third-order valence-corrected chi connectivity index (χ3v) is 4.26. The third-order valence-electron chi connectivity index (χ3n) is 4.26. The fourth-order valence-electron chi connectivity index (χ4n) is 2.86. The topological polar surface area (TPSA) is 45.6 Å². The molecule has 2 heterocycles. The molecule has 1 aliphatic rings. The molecule has 1 atom stereocenters. The lowest BCUT2D eigenvalue weighted by Crippen LogP contribution is -2.30. The Labute approximate surface area is 128 Å². The molecule has 1 saturated heterocycles. The number of ether oxygens (including phenoxy) is 1. The summed E-state index contributed by atoms with van der Waals surface area (Å²) in [5.74, 6) is 0.892. The molecule has 21 heavy (non-hydrogen) atoms. The van der Waals surface area contributed by atoms with Gasteiger partial charge in [-0.15, -0.1) is 0 Å². The van der Waals surface area contributed by atoms with Crippen molar-refractivity contribution < 1.29 is 9.84 Å². The van der Waals surface area contributed by atoms with Crippen molar-refractivity contribution in [2.24, 2.45) is 0 Å². The Morgan fingerprint density at radius 2 is 2.14 bits per heavy atom. The molecule has 1 fully saturated rings. The normalized spacial score (nSPS) is 19.0. The van der Waals surface area contributed by atoms with Gasteiger partial charge in [0, 0.05) is 18.8 Å². The predicted octanol–water partition coefficient (Wildman–Crippen LogP) is 2.65. The molecular formula is C17H28N2O2. The molecule has 1 N–H and O–H groups in total. The van der Waals surface area contributed by atoms with E-state index >= 15 is 0 Å². The van der Waals surface area contributed by atoms with E-state index in [9.17, 15) is 0 Å². The van der Waals surface area contributed by atoms with Crippen LogP contribution < -0.4 is 4.74 Å². The number of likely N-dealkylation sites (tertiary alicyclic amines) is 1. The van der Waals surface area contributed by atoms with Gasteiger partial charge >= 0.3 is 0 Å². The number of rotatable bonds is 9. The number of likely N-dealkylation sites (N-methyl/N-ethyl adjacent to an activating group) is 1. The predicted molar refractivity (Wildman–Crippen MR) is 84.6 cm³/mol. The molecule has 1 aliphatic heterocycles. The van der Waals surface area contributed by atoms with E-state index in [0.717, 1.165) is 38.0 Å². The summed E-state index contributed by atoms with van der Waals surface area (Å²) in [6.07, 6.45) is 11.6. The Hall–Kier alpha value is -1.13. The fraction of sp³-hybridized carbons (Fsp3) is 0.706. The zero-order valence-corrected chi connectivity index (χ0v) is 13.1. The van der Waals surface area contributed by atoms with Gasteiger partial charge in [-0.25, -0.2) is 0 Å². The van der Waals surface area contributed by atoms with Crippen molar-refractivity contribution in [2.75, 3.05) is 26.8 Å². The van der Waals surface area contributed by atoms with Crippen molar-refractivity contribution in [3.05, 3.63) is 24.0 Å². The molecule has 0 bridgehead atoms. The lowest BCUT2D eigenvalue weighted by Gasteiger charge is -2.19. The molecule has 0 radical (unpaired) electrons. The summed E-state index contributed by atoms with van der Waals surface area (Å²) in [5, 5.41) is 8.76. The first-order chi connectivity index (χ1) is 10.3. The van der Waals surface area contributed by atoms with E-state index in [2.05, 4.69) is 23.0 Å². The maximum absolute atomic E-state index is 8.76. The van der Waals surface area contributed by atoms with E-state index in [-0.39, 0.29) is 0 Å². The molecular weight excluding hydrogens is 264 g/mol. The lowest BCUT2D eigenvalue weighted by atomic mass is 10.1. The minimum absolute atomic E-state index is 0.306. The summed E-state index contributed by atoms with van der Waals surface area (Å²) < 4.78 is 5.91. The monoisotopic (exact) mass is 292 g/mol. The summed E-state index contributed by atoms with van der Waals surface area (Å²) in [6, 6.07) is 2.67. The van der Waals surface area contributed by atoms with Gasteiger partial charge in [-0.2, -0.15) is 0 Å². The minimum Gasteiger partial charge on any atom is -0.490 e. The number of aryl methyl sites for hydroxylation is 1. The Morgan fingerprint density at radius 1 is 1.29 bits per heavy atom. The molecule has 0 aliphatic carbocycles. The van der Waals surface area contributed by atoms with Crippen LogP contribution in [-0.4, -0.2) is 47.8 Å². The maximum Gasteiger partial charge on any atom is 0.137 e. The Kier molecular flexibility index (Phi) is 6.96. The van der Waals surface area contributed by atoms with Crippen LogP contribution in [0.1, 0.15) is 44.1 Å². The van der Waals surface area contributed by atoms with Crippen molar-refractivity contribution >= 4 is 0 Å². The number of aliphatic hydroxyl groups is 1. The zero-order valence-electron chi connectivity index (χ0n) is 13.1. The molecule has 1 unspecified atom stereocenters. The van der Waals surface area contributed by atoms with Crippen LogP contribution in [0.15, 0.2) is 18.5 Å². The second-order valence-electron chi connectivity index (χ2n) is 6.00. The van der Waals surface area contributed by atoms with Crippen molar-refractivity contribution in [1.82, 2.24) is 9.88 Å². The number of pyridine rings is 1. The maximum atomic E-state index is 8.76. The Morgan fingerprint density at radius 3 is 2.90 bits per heavy atom. The summed E-state index contributed by atoms with van der Waals surface area (Å²) in [7, 11) is 2.17. The average Bonchev–Trinajstić information content (AvgIpc) is 2.91. The largest absolute Gasteiger partial charge is 0.490 e. The summed E-state index contributed by atoms with van der Waals surface area (Å²) in [6.45, 7) is 2.25. The van der Waals surface area contributed by atoms with Crippen LogP contribution in [0.3, 0.4) is 0 Å². The standard InChI is InChI=1S/C17H28N2O2/c1-19-9-6-8-16(19)14-21-17-11-15(12-18-13-17)7-4-2-3-5-10-20/h11-13,16,20H,2-10,14H2,1H3. The number of hydrogen-bond donors (Lipinski definition) is 1. The van der Waals surface area contributed by atoms with Crippen molar-refractivity contribution in [3.8, 4) is 5.75 Å². The molecule has 4 nitrogen and oxygen atoms in total. The molecule has 0 aromatic carbocycles. The Balaban J connectivity index is 1.72. The highest BCUT2D eigenvalue weighted by Crippen LogP contribution is 2.18. The molecule has 118 valence electrons. The van der Waals surface area contributed by atoms with Gasteiger partial charge in [-0.05, 0) is 57.3 Å². The van der Waals surface area contributed by atoms with Gasteiger partial charge < -0.3 is 14.7 Å². The van der Waals surface area contributed by atoms with Crippen LogP contribution in [0.4, 0.5) is 0 Å². The quantitative estimate of drug-likeness (QED) is 0.711. The van der Waals surface area contributed by atoms with Gasteiger partial charge in [0.05, 0.1) is 6.20 Å². The van der Waals surface area contributed by atoms with E-state index in [4.69, 9.17) is 9.84 Å². The van der Waals surface area contributed by atoms with E-state index in [0.29, 0.717) is 12.6 Å². The van der Waals surface area contributed by atoms with Crippen molar-refractivity contribution in [1.29, 1.82) is 0 Å². The molecule has 2 rings (SSSR count). The first kappa shape index (κ1) is 16.2. The van der Waals surface area contributed by atoms with Gasteiger partial charge in [-0.1, -0.05) is 12.8 Å². The summed E-state index contributed by atoms with van der Waals surface area (Å²) in [4.78, 5) is 6.66. The molecule has 0 spiro atoms. The van der Waals surface area contributed by atoms with Crippen molar-refractivity contribution in [2.45, 2.75) is 51.0 Å². The van der Waals surface area contributed by atoms with E-state index < -0.39 is 0 Å². The van der Waals surface area contributed by atoms with E-state index in [1.54, 1.807) is 0 Å². The van der Waals surface area contributed by atoms with Crippen LogP contribution in [0, 0.1) is 0 Å². The first-order valence-electron chi connectivity index (χ1n) is 8.17. The summed E-state index contributed by atoms with van der Waals surface area (Å²) in [5.41, 5.74) is 1.25. The first-order valence-corrected chi connectivity index (χ1v) is 8.17. The van der Waals surface area contributed by atoms with E-state index in [1.807, 2.05) is 12.4 Å². The van der Waals surface area contributed by atoms with Crippen LogP contribution >= 0.6 is 0 Å². The van der Waals surface area contributed by atoms with Crippen LogP contribution in [0.25, 0.3) is 0 Å². The van der Waals surface area contributed by atoms with Gasteiger partial charge in [0.2, 0.25) is 0 Å². The number of nitrogens with zero attached hydrogens (tertiary/aromatic N) is 2. The van der Waals surface area contributed by atoms with Crippen LogP contribution in [0.2, 0.25) is 0 Å². The highest BCUT2D eigenvalue weighted by atomic mass is 16.5. The lowest BCUT2D eigenvalue weighted by molar-refractivity contribution is 0.197. The third kappa shape index (κ3) is 5.64. The number of hydrogen-bond acceptors (Lipinski definition) is 4. The second kappa shape index (κ2) is 9.00. The Bertz CT molecular complexity index is 412. The second-order valence-corrected chi connectivity index (χ2v) is 6.00. The number of aliphatic hydroxyl groups excluding tert-OH is 1. The van der Waals surface area contributed by atoms with Crippen molar-refractivity contribution in [3.63, 3.8) is 0 Å². The number of aromatic nitrogens is 1. The highest BCUT2D eigenvalue weighted by molar-refractivity contribution is 5.23. The van der Waals surface area contributed by atoms with E-state index in [1.165, 1.54) is 31.4 Å². The molecule has 0 amide bonds. The SMILES string of the molecule is CN1CCCC1COc1cncc(CCCCCCO)c1. The van der Waals surface area contributed by atoms with Gasteiger partial charge in [0.1, 0.15) is 12.4 Å².